The lowest BCUT2D eigenvalue weighted by molar-refractivity contribution is 1.25. The van der Waals surface area contributed by atoms with E-state index in [1.165, 1.54) is 92.0 Å². The molecule has 0 saturated carbocycles. The van der Waals surface area contributed by atoms with E-state index in [9.17, 15) is 0 Å². The fourth-order valence-electron chi connectivity index (χ4n) is 15.7. The third kappa shape index (κ3) is 8.43. The van der Waals surface area contributed by atoms with E-state index < -0.39 is 16.1 Å². The van der Waals surface area contributed by atoms with E-state index in [1.807, 2.05) is 12.1 Å². The van der Waals surface area contributed by atoms with Gasteiger partial charge >= 0.3 is 0 Å². The first-order valence-corrected chi connectivity index (χ1v) is 36.0. The topological polar surface area (TPSA) is 13.0 Å². The number of benzene rings is 14. The summed E-state index contributed by atoms with van der Waals surface area (Å²) >= 11 is 7.60. The predicted octanol–water partition coefficient (Wildman–Crippen LogP) is 14.4. The van der Waals surface area contributed by atoms with Crippen LogP contribution in [0.5, 0.6) is 0 Å². The minimum Gasteiger partial charge on any atom is -0.312 e. The van der Waals surface area contributed by atoms with Crippen LogP contribution in [0.25, 0.3) is 0 Å². The van der Waals surface area contributed by atoms with Crippen LogP contribution in [0, 0.1) is 0 Å². The summed E-state index contributed by atoms with van der Waals surface area (Å²) in [5, 5.41) is 11.8. The van der Waals surface area contributed by atoms with Gasteiger partial charge in [0, 0.05) is 56.9 Å². The van der Waals surface area contributed by atoms with E-state index in [0.29, 0.717) is 5.02 Å². The standard InChI is InChI=1S/C42H29BN2Si.C42H31ClN2Si/c1-4-16-30(17-5-1)44-35-24-11-10-22-33(35)43-34-23-14-29-40-42(34)45(38-27-15-26-37(44)41(38)43)36-25-12-13-28-39(36)46(40,31-18-6-2-7-19-31)32-20-8-3-9-21-32;43-42-38(44(32-18-5-1-6-19-32)33-20-7-2-8-21-33)28-17-29-39(42)45-36-26-13-15-30-40(36)46(34-22-9-3-10-23-34,35-24-11-4-12-25-35)41-31-16-14-27-37(41)45/h1-29H;1-31H. The van der Waals surface area contributed by atoms with E-state index in [0.717, 1.165) is 34.1 Å². The number of nitrogens with zero attached hydrogens (tertiary/aromatic N) is 4. The summed E-state index contributed by atoms with van der Waals surface area (Å²) in [7, 11) is -5.40. The number of hydrogen-bond acceptors (Lipinski definition) is 4. The minimum absolute atomic E-state index is 0.122. The summed E-state index contributed by atoms with van der Waals surface area (Å²) in [4.78, 5) is 9.67. The molecular formula is C84H60BClN4Si2. The Morgan fingerprint density at radius 2 is 0.598 bits per heavy atom. The number of rotatable bonds is 9. The van der Waals surface area contributed by atoms with Crippen molar-refractivity contribution < 1.29 is 0 Å². The van der Waals surface area contributed by atoms with Crippen molar-refractivity contribution in [1.82, 2.24) is 0 Å². The first kappa shape index (κ1) is 55.2. The number of anilines is 12. The van der Waals surface area contributed by atoms with Crippen molar-refractivity contribution in [3.05, 3.63) is 369 Å². The first-order valence-electron chi connectivity index (χ1n) is 31.7. The molecule has 8 heteroatoms. The van der Waals surface area contributed by atoms with Crippen molar-refractivity contribution in [2.45, 2.75) is 0 Å². The molecule has 0 bridgehead atoms. The van der Waals surface area contributed by atoms with Crippen LogP contribution in [0.1, 0.15) is 0 Å². The van der Waals surface area contributed by atoms with E-state index in [1.54, 1.807) is 0 Å². The van der Waals surface area contributed by atoms with Gasteiger partial charge in [0.25, 0.3) is 6.71 Å². The Hall–Kier alpha value is -10.9. The largest absolute Gasteiger partial charge is 0.312 e. The number of fused-ring (bicyclic) bond motifs is 8. The van der Waals surface area contributed by atoms with Crippen molar-refractivity contribution in [3.63, 3.8) is 0 Å². The van der Waals surface area contributed by atoms with Crippen molar-refractivity contribution in [2.24, 2.45) is 0 Å². The van der Waals surface area contributed by atoms with E-state index >= 15 is 0 Å². The molecule has 4 aliphatic rings. The zero-order valence-corrected chi connectivity index (χ0v) is 53.1. The highest BCUT2D eigenvalue weighted by molar-refractivity contribution is 7.22. The monoisotopic (exact) mass is 1230 g/mol. The van der Waals surface area contributed by atoms with Crippen molar-refractivity contribution in [1.29, 1.82) is 0 Å². The second kappa shape index (κ2) is 22.8. The van der Waals surface area contributed by atoms with E-state index in [-0.39, 0.29) is 6.71 Å². The molecule has 0 N–H and O–H groups in total. The zero-order valence-electron chi connectivity index (χ0n) is 50.4. The minimum atomic E-state index is -2.70. The molecule has 92 heavy (non-hydrogen) atoms. The highest BCUT2D eigenvalue weighted by atomic mass is 35.5. The van der Waals surface area contributed by atoms with Gasteiger partial charge in [0.05, 0.1) is 16.4 Å². The lowest BCUT2D eigenvalue weighted by atomic mass is 9.33. The summed E-state index contributed by atoms with van der Waals surface area (Å²) < 4.78 is 0. The van der Waals surface area contributed by atoms with Crippen LogP contribution >= 0.6 is 11.6 Å². The summed E-state index contributed by atoms with van der Waals surface area (Å²) in [5.41, 5.74) is 18.0. The summed E-state index contributed by atoms with van der Waals surface area (Å²) in [6.07, 6.45) is 0. The van der Waals surface area contributed by atoms with Crippen LogP contribution in [-0.2, 0) is 0 Å². The van der Waals surface area contributed by atoms with Gasteiger partial charge in [-0.3, -0.25) is 0 Å². The van der Waals surface area contributed by atoms with Crippen LogP contribution in [0.2, 0.25) is 5.02 Å². The Morgan fingerprint density at radius 1 is 0.261 bits per heavy atom. The molecule has 0 fully saturated rings. The van der Waals surface area contributed by atoms with Crippen LogP contribution in [0.4, 0.5) is 68.2 Å². The summed E-state index contributed by atoms with van der Waals surface area (Å²) in [5.74, 6) is 0. The number of halogens is 1. The third-order valence-electron chi connectivity index (χ3n) is 19.3. The fraction of sp³-hybridized carbons (Fsp3) is 0. The molecule has 0 saturated heterocycles. The maximum Gasteiger partial charge on any atom is 0.252 e. The molecule has 0 radical (unpaired) electrons. The predicted molar refractivity (Wildman–Crippen MR) is 396 cm³/mol. The smallest absolute Gasteiger partial charge is 0.252 e. The van der Waals surface area contributed by atoms with Gasteiger partial charge in [0.2, 0.25) is 0 Å². The molecule has 0 amide bonds. The van der Waals surface area contributed by atoms with Crippen molar-refractivity contribution in [2.75, 3.05) is 19.6 Å². The Bertz CT molecular complexity index is 4880. The third-order valence-corrected chi connectivity index (χ3v) is 29.4. The molecule has 18 rings (SSSR count). The van der Waals surface area contributed by atoms with Gasteiger partial charge in [0.15, 0.2) is 16.1 Å². The second-order valence-electron chi connectivity index (χ2n) is 23.9. The highest BCUT2D eigenvalue weighted by Gasteiger charge is 2.54. The SMILES string of the molecule is Clc1c(N(c2ccccc2)c2ccccc2)cccc1N1c2ccccc2[Si](c2ccccc2)(c2ccccc2)c2ccccc21.c1ccc(N2c3ccccc3B3c4cccc5c4N(c4ccccc4[Si]5(c4ccccc4)c4ccccc4)c4cccc2c43)cc1. The molecule has 0 aromatic heterocycles. The Labute approximate surface area is 545 Å². The fourth-order valence-corrected chi connectivity index (χ4v) is 26.3. The molecule has 14 aromatic carbocycles. The van der Waals surface area contributed by atoms with Crippen LogP contribution in [0.15, 0.2) is 364 Å². The molecule has 0 unspecified atom stereocenters. The molecule has 0 atom stereocenters. The lowest BCUT2D eigenvalue weighted by Gasteiger charge is -2.50. The Balaban J connectivity index is 0.000000141. The van der Waals surface area contributed by atoms with Crippen LogP contribution < -0.4 is 77.5 Å². The molecule has 0 aliphatic carbocycles. The molecular weight excluding hydrogens is 1170 g/mol. The van der Waals surface area contributed by atoms with Crippen LogP contribution in [0.3, 0.4) is 0 Å². The zero-order chi connectivity index (χ0) is 61.2. The van der Waals surface area contributed by atoms with Gasteiger partial charge in [-0.15, -0.1) is 0 Å². The lowest BCUT2D eigenvalue weighted by Crippen LogP contribution is -2.79. The first-order chi connectivity index (χ1) is 45.7. The normalized spacial score (nSPS) is 13.8. The maximum absolute atomic E-state index is 7.60. The van der Waals surface area contributed by atoms with Gasteiger partial charge in [-0.25, -0.2) is 0 Å². The molecule has 434 valence electrons. The number of para-hydroxylation sites is 8. The van der Waals surface area contributed by atoms with Gasteiger partial charge in [-0.05, 0) is 143 Å². The number of hydrogen-bond donors (Lipinski definition) is 0. The van der Waals surface area contributed by atoms with Crippen molar-refractivity contribution in [3.8, 4) is 0 Å². The van der Waals surface area contributed by atoms with Crippen molar-refractivity contribution >= 4 is 161 Å². The van der Waals surface area contributed by atoms with Gasteiger partial charge in [-0.1, -0.05) is 291 Å². The molecule has 14 aromatic rings. The van der Waals surface area contributed by atoms with E-state index in [4.69, 9.17) is 11.6 Å². The molecule has 4 nitrogen and oxygen atoms in total. The quantitative estimate of drug-likeness (QED) is 0.134. The highest BCUT2D eigenvalue weighted by Crippen LogP contribution is 2.49. The Kier molecular flexibility index (Phi) is 13.7. The van der Waals surface area contributed by atoms with Gasteiger partial charge in [0.1, 0.15) is 0 Å². The van der Waals surface area contributed by atoms with Gasteiger partial charge < -0.3 is 19.6 Å². The van der Waals surface area contributed by atoms with Gasteiger partial charge in [-0.2, -0.15) is 0 Å². The molecule has 0 spiro atoms. The summed E-state index contributed by atoms with van der Waals surface area (Å²) in [6.45, 7) is 0.122. The summed E-state index contributed by atoms with van der Waals surface area (Å²) in [6, 6.07) is 133. The second-order valence-corrected chi connectivity index (χ2v) is 31.8. The Morgan fingerprint density at radius 3 is 1.10 bits per heavy atom. The van der Waals surface area contributed by atoms with E-state index in [2.05, 4.69) is 371 Å². The molecule has 4 aliphatic heterocycles. The average molecular weight is 1230 g/mol. The maximum atomic E-state index is 7.60. The van der Waals surface area contributed by atoms with Crippen LogP contribution in [-0.4, -0.2) is 22.9 Å². The average Bonchev–Trinajstić information content (AvgIpc) is 0.677. The molecule has 4 heterocycles.